The number of hydrogen-bond donors (Lipinski definition) is 2. The number of halogens is 2. The molecule has 0 saturated carbocycles. The molecule has 0 unspecified atom stereocenters. The number of carbonyl (C=O) groups excluding carboxylic acids is 1. The number of carboxylic acids is 1. The van der Waals surface area contributed by atoms with Crippen molar-refractivity contribution in [3.8, 4) is 0 Å². The van der Waals surface area contributed by atoms with Gasteiger partial charge in [-0.05, 0) is 30.5 Å². The van der Waals surface area contributed by atoms with E-state index >= 15 is 0 Å². The first-order chi connectivity index (χ1) is 8.99. The monoisotopic (exact) mass is 287 g/mol. The molecule has 0 fully saturated rings. The van der Waals surface area contributed by atoms with Crippen molar-refractivity contribution >= 4 is 23.5 Å². The summed E-state index contributed by atoms with van der Waals surface area (Å²) in [7, 11) is 0. The number of aliphatic carboxylic acids is 1. The summed E-state index contributed by atoms with van der Waals surface area (Å²) in [6, 6.07) is 4.25. The van der Waals surface area contributed by atoms with Crippen LogP contribution in [-0.2, 0) is 16.1 Å². The number of carbonyl (C=O) groups is 2. The lowest BCUT2D eigenvalue weighted by atomic mass is 10.2. The highest BCUT2D eigenvalue weighted by Crippen LogP contribution is 2.15. The van der Waals surface area contributed by atoms with Gasteiger partial charge >= 0.3 is 5.97 Å². The van der Waals surface area contributed by atoms with Gasteiger partial charge in [-0.15, -0.1) is 0 Å². The van der Waals surface area contributed by atoms with Crippen LogP contribution in [0.4, 0.5) is 4.39 Å². The van der Waals surface area contributed by atoms with E-state index in [0.717, 1.165) is 0 Å². The summed E-state index contributed by atoms with van der Waals surface area (Å²) in [6.45, 7) is 0.276. The van der Waals surface area contributed by atoms with Crippen molar-refractivity contribution < 1.29 is 19.1 Å². The summed E-state index contributed by atoms with van der Waals surface area (Å²) < 4.78 is 12.9. The number of nitrogens with one attached hydrogen (secondary N) is 1. The standard InChI is InChI=1S/C13H15ClFNO3/c14-10-7-9(5-6-11(10)15)8-16-12(17)3-1-2-4-13(18)19/h5-7H,1-4,8H2,(H,16,17)(H,18,19). The smallest absolute Gasteiger partial charge is 0.303 e. The van der Waals surface area contributed by atoms with Crippen molar-refractivity contribution in [1.82, 2.24) is 5.32 Å². The fourth-order valence-corrected chi connectivity index (χ4v) is 1.70. The fraction of sp³-hybridized carbons (Fsp3) is 0.385. The zero-order valence-corrected chi connectivity index (χ0v) is 11.0. The molecule has 4 nitrogen and oxygen atoms in total. The number of hydrogen-bond acceptors (Lipinski definition) is 2. The molecule has 104 valence electrons. The highest BCUT2D eigenvalue weighted by Gasteiger charge is 2.04. The quantitative estimate of drug-likeness (QED) is 0.758. The van der Waals surface area contributed by atoms with Gasteiger partial charge in [0.05, 0.1) is 5.02 Å². The van der Waals surface area contributed by atoms with E-state index in [4.69, 9.17) is 16.7 Å². The minimum atomic E-state index is -0.860. The van der Waals surface area contributed by atoms with Crippen LogP contribution in [0.2, 0.25) is 5.02 Å². The van der Waals surface area contributed by atoms with Gasteiger partial charge in [0, 0.05) is 19.4 Å². The van der Waals surface area contributed by atoms with Crippen LogP contribution in [0, 0.1) is 5.82 Å². The maximum atomic E-state index is 12.9. The third kappa shape index (κ3) is 6.20. The minimum absolute atomic E-state index is 0.0215. The van der Waals surface area contributed by atoms with Crippen LogP contribution in [0.25, 0.3) is 0 Å². The van der Waals surface area contributed by atoms with E-state index in [2.05, 4.69) is 5.32 Å². The number of amides is 1. The van der Waals surface area contributed by atoms with Crippen molar-refractivity contribution in [3.63, 3.8) is 0 Å². The number of rotatable bonds is 7. The molecule has 0 aliphatic rings. The first-order valence-corrected chi connectivity index (χ1v) is 6.29. The van der Waals surface area contributed by atoms with Crippen molar-refractivity contribution in [1.29, 1.82) is 0 Å². The Morgan fingerprint density at radius 3 is 2.58 bits per heavy atom. The number of carboxylic acid groups (broad SMARTS) is 1. The van der Waals surface area contributed by atoms with Gasteiger partial charge in [-0.3, -0.25) is 9.59 Å². The summed E-state index contributed by atoms with van der Waals surface area (Å²) >= 11 is 5.62. The van der Waals surface area contributed by atoms with Crippen molar-refractivity contribution in [3.05, 3.63) is 34.6 Å². The highest BCUT2D eigenvalue weighted by atomic mass is 35.5. The second kappa shape index (κ2) is 7.74. The van der Waals surface area contributed by atoms with Gasteiger partial charge in [0.25, 0.3) is 0 Å². The normalized spacial score (nSPS) is 10.2. The van der Waals surface area contributed by atoms with Crippen LogP contribution in [0.15, 0.2) is 18.2 Å². The fourth-order valence-electron chi connectivity index (χ4n) is 1.50. The molecule has 0 saturated heterocycles. The predicted octanol–water partition coefficient (Wildman–Crippen LogP) is 2.74. The Labute approximate surface area is 115 Å². The topological polar surface area (TPSA) is 66.4 Å². The van der Waals surface area contributed by atoms with E-state index in [9.17, 15) is 14.0 Å². The Morgan fingerprint density at radius 2 is 1.95 bits per heavy atom. The number of unbranched alkanes of at least 4 members (excludes halogenated alkanes) is 1. The van der Waals surface area contributed by atoms with Crippen LogP contribution in [0.3, 0.4) is 0 Å². The maximum absolute atomic E-state index is 12.9. The summed E-state index contributed by atoms with van der Waals surface area (Å²) in [5.74, 6) is -1.52. The molecule has 2 N–H and O–H groups in total. The maximum Gasteiger partial charge on any atom is 0.303 e. The lowest BCUT2D eigenvalue weighted by Crippen LogP contribution is -2.22. The first kappa shape index (κ1) is 15.4. The van der Waals surface area contributed by atoms with Gasteiger partial charge in [-0.1, -0.05) is 17.7 Å². The van der Waals surface area contributed by atoms with Crippen LogP contribution in [0.1, 0.15) is 31.2 Å². The Morgan fingerprint density at radius 1 is 1.26 bits per heavy atom. The second-order valence-corrected chi connectivity index (χ2v) is 4.53. The van der Waals surface area contributed by atoms with Crippen LogP contribution >= 0.6 is 11.6 Å². The summed E-state index contributed by atoms with van der Waals surface area (Å²) in [5, 5.41) is 11.1. The van der Waals surface area contributed by atoms with Crippen LogP contribution in [0.5, 0.6) is 0 Å². The lowest BCUT2D eigenvalue weighted by Gasteiger charge is -2.06. The molecule has 0 aliphatic heterocycles. The first-order valence-electron chi connectivity index (χ1n) is 5.91. The minimum Gasteiger partial charge on any atom is -0.481 e. The van der Waals surface area contributed by atoms with E-state index < -0.39 is 11.8 Å². The van der Waals surface area contributed by atoms with E-state index in [1.54, 1.807) is 6.07 Å². The van der Waals surface area contributed by atoms with Gasteiger partial charge in [0.1, 0.15) is 5.82 Å². The van der Waals surface area contributed by atoms with Crippen molar-refractivity contribution in [2.45, 2.75) is 32.2 Å². The zero-order chi connectivity index (χ0) is 14.3. The summed E-state index contributed by atoms with van der Waals surface area (Å²) in [6.07, 6.45) is 1.36. The van der Waals surface area contributed by atoms with E-state index in [1.165, 1.54) is 12.1 Å². The van der Waals surface area contributed by atoms with Crippen molar-refractivity contribution in [2.24, 2.45) is 0 Å². The summed E-state index contributed by atoms with van der Waals surface area (Å²) in [4.78, 5) is 21.7. The Kier molecular flexibility index (Phi) is 6.29. The molecule has 6 heteroatoms. The average molecular weight is 288 g/mol. The molecule has 0 bridgehead atoms. The molecule has 0 aromatic heterocycles. The molecule has 0 atom stereocenters. The van der Waals surface area contributed by atoms with Gasteiger partial charge in [-0.2, -0.15) is 0 Å². The molecular formula is C13H15ClFNO3. The second-order valence-electron chi connectivity index (χ2n) is 4.13. The molecule has 1 aromatic carbocycles. The van der Waals surface area contributed by atoms with Crippen LogP contribution < -0.4 is 5.32 Å². The van der Waals surface area contributed by atoms with E-state index in [0.29, 0.717) is 18.4 Å². The largest absolute Gasteiger partial charge is 0.481 e. The molecule has 0 spiro atoms. The molecule has 1 rings (SSSR count). The van der Waals surface area contributed by atoms with Crippen LogP contribution in [-0.4, -0.2) is 17.0 Å². The molecular weight excluding hydrogens is 273 g/mol. The number of benzene rings is 1. The Balaban J connectivity index is 2.26. The molecule has 1 amide bonds. The summed E-state index contributed by atoms with van der Waals surface area (Å²) in [5.41, 5.74) is 0.713. The van der Waals surface area contributed by atoms with Gasteiger partial charge in [0.2, 0.25) is 5.91 Å². The predicted molar refractivity (Wildman–Crippen MR) is 69.4 cm³/mol. The molecule has 1 aromatic rings. The third-order valence-corrected chi connectivity index (χ3v) is 2.81. The van der Waals surface area contributed by atoms with Crippen molar-refractivity contribution in [2.75, 3.05) is 0 Å². The SMILES string of the molecule is O=C(O)CCCCC(=O)NCc1ccc(F)c(Cl)c1. The molecule has 0 aliphatic carbocycles. The van der Waals surface area contributed by atoms with E-state index in [-0.39, 0.29) is 30.3 Å². The Bertz CT molecular complexity index is 465. The third-order valence-electron chi connectivity index (χ3n) is 2.52. The van der Waals surface area contributed by atoms with Gasteiger partial charge < -0.3 is 10.4 Å². The zero-order valence-electron chi connectivity index (χ0n) is 10.3. The Hall–Kier alpha value is -1.62. The molecule has 19 heavy (non-hydrogen) atoms. The van der Waals surface area contributed by atoms with E-state index in [1.807, 2.05) is 0 Å². The molecule has 0 heterocycles. The van der Waals surface area contributed by atoms with Gasteiger partial charge in [0.15, 0.2) is 0 Å². The van der Waals surface area contributed by atoms with Gasteiger partial charge in [-0.25, -0.2) is 4.39 Å². The highest BCUT2D eigenvalue weighted by molar-refractivity contribution is 6.30. The lowest BCUT2D eigenvalue weighted by molar-refractivity contribution is -0.137. The molecule has 0 radical (unpaired) electrons. The average Bonchev–Trinajstić information content (AvgIpc) is 2.36.